The maximum absolute atomic E-state index is 12.4. The lowest BCUT2D eigenvalue weighted by Crippen LogP contribution is -2.45. The molecule has 9 nitrogen and oxygen atoms in total. The van der Waals surface area contributed by atoms with E-state index in [1.165, 1.54) is 6.20 Å². The number of carbonyl (C=O) groups excluding carboxylic acids is 3. The van der Waals surface area contributed by atoms with Gasteiger partial charge in [0.1, 0.15) is 5.60 Å². The Labute approximate surface area is 189 Å². The van der Waals surface area contributed by atoms with Crippen molar-refractivity contribution in [3.05, 3.63) is 23.9 Å². The summed E-state index contributed by atoms with van der Waals surface area (Å²) in [6.45, 7) is 10.3. The van der Waals surface area contributed by atoms with Gasteiger partial charge in [-0.05, 0) is 77.1 Å². The summed E-state index contributed by atoms with van der Waals surface area (Å²) in [5, 5.41) is 0. The molecule has 2 N–H and O–H groups in total. The molecule has 2 aliphatic rings. The van der Waals surface area contributed by atoms with E-state index in [0.29, 0.717) is 25.2 Å². The van der Waals surface area contributed by atoms with Gasteiger partial charge in [-0.1, -0.05) is 6.08 Å². The van der Waals surface area contributed by atoms with E-state index in [4.69, 9.17) is 19.9 Å². The zero-order valence-corrected chi connectivity index (χ0v) is 19.7. The minimum absolute atomic E-state index is 0.131. The molecule has 0 saturated carbocycles. The number of ether oxygens (including phenoxy) is 3. The number of likely N-dealkylation sites (tertiary alicyclic amines) is 1. The van der Waals surface area contributed by atoms with Gasteiger partial charge in [0.25, 0.3) is 0 Å². The fourth-order valence-corrected chi connectivity index (χ4v) is 3.75. The van der Waals surface area contributed by atoms with E-state index < -0.39 is 23.6 Å². The lowest BCUT2D eigenvalue weighted by atomic mass is 9.70. The van der Waals surface area contributed by atoms with Crippen LogP contribution < -0.4 is 5.73 Å². The summed E-state index contributed by atoms with van der Waals surface area (Å²) in [5.74, 6) is -1.51. The third kappa shape index (κ3) is 6.58. The number of nitrogens with two attached hydrogens (primary N) is 1. The first kappa shape index (κ1) is 25.4. The van der Waals surface area contributed by atoms with E-state index in [9.17, 15) is 14.4 Å². The van der Waals surface area contributed by atoms with E-state index >= 15 is 0 Å². The predicted octanol–water partition coefficient (Wildman–Crippen LogP) is 2.74. The van der Waals surface area contributed by atoms with Crippen LogP contribution in [-0.4, -0.2) is 66.6 Å². The van der Waals surface area contributed by atoms with Crippen LogP contribution in [0.1, 0.15) is 53.9 Å². The predicted molar refractivity (Wildman–Crippen MR) is 120 cm³/mol. The highest BCUT2D eigenvalue weighted by Gasteiger charge is 2.39. The normalized spacial score (nSPS) is 20.6. The molecule has 0 radical (unpaired) electrons. The molecular formula is C23H35N3O6. The lowest BCUT2D eigenvalue weighted by molar-refractivity contribution is -0.156. The van der Waals surface area contributed by atoms with Gasteiger partial charge in [-0.2, -0.15) is 0 Å². The molecule has 1 aliphatic heterocycles. The van der Waals surface area contributed by atoms with Crippen molar-refractivity contribution >= 4 is 23.7 Å². The van der Waals surface area contributed by atoms with Crippen molar-refractivity contribution in [2.24, 2.45) is 16.1 Å². The minimum Gasteiger partial charge on any atom is -0.464 e. The van der Waals surface area contributed by atoms with Gasteiger partial charge in [0.05, 0.1) is 18.9 Å². The van der Waals surface area contributed by atoms with Crippen LogP contribution in [0.5, 0.6) is 0 Å². The molecule has 0 aromatic heterocycles. The molecule has 1 heterocycles. The highest BCUT2D eigenvalue weighted by Crippen LogP contribution is 2.42. The molecule has 9 heteroatoms. The van der Waals surface area contributed by atoms with Crippen LogP contribution in [0.25, 0.3) is 0 Å². The summed E-state index contributed by atoms with van der Waals surface area (Å²) in [6.07, 6.45) is 7.06. The van der Waals surface area contributed by atoms with Gasteiger partial charge >= 0.3 is 18.0 Å². The topological polar surface area (TPSA) is 121 Å². The fourth-order valence-electron chi connectivity index (χ4n) is 3.75. The van der Waals surface area contributed by atoms with Crippen LogP contribution in [0.4, 0.5) is 4.79 Å². The minimum atomic E-state index is -1.40. The molecular weight excluding hydrogens is 414 g/mol. The SMILES string of the molecule is CCOC(=O)C(N=C1C=CC2(CCN(C(=O)OC(C)(C)C)CC2)CC1=CN)C(=O)OCC. The molecule has 1 amide bonds. The second-order valence-corrected chi connectivity index (χ2v) is 8.95. The van der Waals surface area contributed by atoms with Crippen molar-refractivity contribution in [3.63, 3.8) is 0 Å². The number of amides is 1. The van der Waals surface area contributed by atoms with Crippen molar-refractivity contribution in [2.45, 2.75) is 65.5 Å². The Hall–Kier alpha value is -2.84. The van der Waals surface area contributed by atoms with E-state index in [0.717, 1.165) is 18.4 Å². The summed E-state index contributed by atoms with van der Waals surface area (Å²) in [6, 6.07) is -1.40. The Balaban J connectivity index is 2.18. The molecule has 0 aromatic carbocycles. The van der Waals surface area contributed by atoms with Gasteiger partial charge in [-0.3, -0.25) is 4.99 Å². The van der Waals surface area contributed by atoms with Crippen molar-refractivity contribution < 1.29 is 28.6 Å². The second-order valence-electron chi connectivity index (χ2n) is 8.95. The summed E-state index contributed by atoms with van der Waals surface area (Å²) in [7, 11) is 0. The molecule has 0 bridgehead atoms. The summed E-state index contributed by atoms with van der Waals surface area (Å²) in [4.78, 5) is 43.0. The monoisotopic (exact) mass is 449 g/mol. The van der Waals surface area contributed by atoms with Gasteiger partial charge in [0.15, 0.2) is 0 Å². The number of rotatable bonds is 5. The maximum Gasteiger partial charge on any atom is 0.410 e. The number of piperidine rings is 1. The third-order valence-corrected chi connectivity index (χ3v) is 5.37. The zero-order chi connectivity index (χ0) is 23.9. The fraction of sp³-hybridized carbons (Fsp3) is 0.652. The Morgan fingerprint density at radius 3 is 2.19 bits per heavy atom. The Morgan fingerprint density at radius 1 is 1.16 bits per heavy atom. The van der Waals surface area contributed by atoms with Crippen molar-refractivity contribution in [2.75, 3.05) is 26.3 Å². The quantitative estimate of drug-likeness (QED) is 0.389. The number of hydrogen-bond donors (Lipinski definition) is 1. The van der Waals surface area contributed by atoms with Crippen molar-refractivity contribution in [1.29, 1.82) is 0 Å². The Kier molecular flexibility index (Phi) is 8.46. The molecule has 2 rings (SSSR count). The van der Waals surface area contributed by atoms with Crippen LogP contribution in [0.2, 0.25) is 0 Å². The van der Waals surface area contributed by atoms with Gasteiger partial charge in [-0.15, -0.1) is 0 Å². The Bertz CT molecular complexity index is 783. The van der Waals surface area contributed by atoms with Crippen LogP contribution in [0.15, 0.2) is 28.9 Å². The number of esters is 2. The first-order chi connectivity index (χ1) is 15.0. The van der Waals surface area contributed by atoms with Crippen LogP contribution in [0.3, 0.4) is 0 Å². The number of aliphatic imine (C=N–C) groups is 1. The molecule has 1 fully saturated rings. The maximum atomic E-state index is 12.4. The number of nitrogens with zero attached hydrogens (tertiary/aromatic N) is 2. The lowest BCUT2D eigenvalue weighted by Gasteiger charge is -2.42. The molecule has 1 aliphatic carbocycles. The van der Waals surface area contributed by atoms with E-state index in [1.54, 1.807) is 24.8 Å². The average molecular weight is 450 g/mol. The van der Waals surface area contributed by atoms with E-state index in [-0.39, 0.29) is 24.7 Å². The van der Waals surface area contributed by atoms with Gasteiger partial charge in [0.2, 0.25) is 6.04 Å². The standard InChI is InChI=1S/C23H35N3O6/c1-6-30-19(27)18(20(28)31-7-2)25-17-8-9-23(14-16(17)15-24)10-12-26(13-11-23)21(29)32-22(3,4)5/h8-9,15,18H,6-7,10-14,24H2,1-5H3. The Morgan fingerprint density at radius 2 is 1.72 bits per heavy atom. The van der Waals surface area contributed by atoms with Crippen molar-refractivity contribution in [1.82, 2.24) is 4.90 Å². The number of hydrogen-bond acceptors (Lipinski definition) is 8. The van der Waals surface area contributed by atoms with Gasteiger partial charge in [0, 0.05) is 13.1 Å². The highest BCUT2D eigenvalue weighted by molar-refractivity contribution is 6.12. The summed E-state index contributed by atoms with van der Waals surface area (Å²) < 4.78 is 15.5. The molecule has 1 saturated heterocycles. The largest absolute Gasteiger partial charge is 0.464 e. The molecule has 0 aromatic rings. The van der Waals surface area contributed by atoms with Crippen molar-refractivity contribution in [3.8, 4) is 0 Å². The third-order valence-electron chi connectivity index (χ3n) is 5.37. The van der Waals surface area contributed by atoms with Gasteiger partial charge < -0.3 is 24.8 Å². The first-order valence-corrected chi connectivity index (χ1v) is 11.0. The smallest absolute Gasteiger partial charge is 0.410 e. The number of allylic oxidation sites excluding steroid dienone is 3. The summed E-state index contributed by atoms with van der Waals surface area (Å²) in [5.41, 5.74) is 6.36. The average Bonchev–Trinajstić information content (AvgIpc) is 2.72. The first-order valence-electron chi connectivity index (χ1n) is 11.0. The van der Waals surface area contributed by atoms with Crippen LogP contribution in [0, 0.1) is 5.41 Å². The summed E-state index contributed by atoms with van der Waals surface area (Å²) >= 11 is 0. The second kappa shape index (κ2) is 10.7. The molecule has 32 heavy (non-hydrogen) atoms. The van der Waals surface area contributed by atoms with Crippen LogP contribution in [-0.2, 0) is 23.8 Å². The highest BCUT2D eigenvalue weighted by atomic mass is 16.6. The van der Waals surface area contributed by atoms with E-state index in [2.05, 4.69) is 4.99 Å². The van der Waals surface area contributed by atoms with Crippen LogP contribution >= 0.6 is 0 Å². The van der Waals surface area contributed by atoms with E-state index in [1.807, 2.05) is 26.8 Å². The number of carbonyl (C=O) groups is 3. The molecule has 0 atom stereocenters. The zero-order valence-electron chi connectivity index (χ0n) is 19.7. The van der Waals surface area contributed by atoms with Gasteiger partial charge in [-0.25, -0.2) is 14.4 Å². The molecule has 0 unspecified atom stereocenters. The molecule has 1 spiro atoms. The molecule has 178 valence electrons.